The monoisotopic (exact) mass is 500 g/mol. The predicted molar refractivity (Wildman–Crippen MR) is 134 cm³/mol. The average molecular weight is 501 g/mol. The number of aliphatic carboxylic acids is 1. The van der Waals surface area contributed by atoms with Crippen molar-refractivity contribution in [2.75, 3.05) is 13.2 Å². The maximum Gasteiger partial charge on any atom is 0.315 e. The van der Waals surface area contributed by atoms with E-state index in [0.717, 1.165) is 50.6 Å². The van der Waals surface area contributed by atoms with Crippen molar-refractivity contribution in [2.45, 2.75) is 91.6 Å². The van der Waals surface area contributed by atoms with E-state index in [4.69, 9.17) is 14.2 Å². The molecule has 0 radical (unpaired) electrons. The zero-order valence-corrected chi connectivity index (χ0v) is 22.6. The van der Waals surface area contributed by atoms with Gasteiger partial charge in [-0.3, -0.25) is 4.79 Å². The van der Waals surface area contributed by atoms with Crippen molar-refractivity contribution in [3.05, 3.63) is 11.6 Å². The van der Waals surface area contributed by atoms with E-state index < -0.39 is 22.2 Å². The van der Waals surface area contributed by atoms with Gasteiger partial charge < -0.3 is 24.1 Å². The van der Waals surface area contributed by atoms with Crippen LogP contribution in [-0.2, 0) is 23.8 Å². The van der Waals surface area contributed by atoms with Crippen molar-refractivity contribution >= 4 is 12.3 Å². The lowest BCUT2D eigenvalue weighted by Crippen LogP contribution is -2.63. The minimum absolute atomic E-state index is 0.0412. The van der Waals surface area contributed by atoms with Crippen LogP contribution in [-0.4, -0.2) is 49.1 Å². The van der Waals surface area contributed by atoms with E-state index >= 15 is 0 Å². The summed E-state index contributed by atoms with van der Waals surface area (Å²) in [6.07, 6.45) is 8.44. The first-order valence-electron chi connectivity index (χ1n) is 14.5. The Morgan fingerprint density at radius 3 is 2.69 bits per heavy atom. The maximum absolute atomic E-state index is 13.6. The largest absolute Gasteiger partial charge is 0.481 e. The molecule has 3 saturated carbocycles. The van der Waals surface area contributed by atoms with Crippen LogP contribution in [0.25, 0.3) is 0 Å². The van der Waals surface area contributed by atoms with Gasteiger partial charge in [-0.1, -0.05) is 52.2 Å². The summed E-state index contributed by atoms with van der Waals surface area (Å²) in [6, 6.07) is 0. The third-order valence-corrected chi connectivity index (χ3v) is 12.0. The molecule has 6 heteroatoms. The van der Waals surface area contributed by atoms with Crippen molar-refractivity contribution < 1.29 is 28.9 Å². The van der Waals surface area contributed by atoms with Gasteiger partial charge in [-0.15, -0.1) is 0 Å². The Hall–Kier alpha value is -1.24. The first kappa shape index (κ1) is 25.1. The summed E-state index contributed by atoms with van der Waals surface area (Å²) in [5, 5.41) is 11.1. The number of carboxylic acids is 1. The molecule has 6 rings (SSSR count). The number of rotatable bonds is 7. The number of hydrogen-bond donors (Lipinski definition) is 1. The summed E-state index contributed by atoms with van der Waals surface area (Å²) >= 11 is 0. The van der Waals surface area contributed by atoms with Crippen LogP contribution in [0.15, 0.2) is 11.6 Å². The highest BCUT2D eigenvalue weighted by Crippen LogP contribution is 2.82. The summed E-state index contributed by atoms with van der Waals surface area (Å²) in [6.45, 7) is 11.9. The Bertz CT molecular complexity index is 959. The van der Waals surface area contributed by atoms with Crippen LogP contribution in [0, 0.1) is 57.7 Å². The molecule has 2 unspecified atom stereocenters. The molecule has 0 spiro atoms. The first-order chi connectivity index (χ1) is 17.2. The normalized spacial score (nSPS) is 52.8. The molecule has 0 aromatic heterocycles. The van der Waals surface area contributed by atoms with E-state index in [1.165, 1.54) is 0 Å². The van der Waals surface area contributed by atoms with Crippen LogP contribution in [0.1, 0.15) is 73.1 Å². The Kier molecular flexibility index (Phi) is 5.83. The van der Waals surface area contributed by atoms with Crippen molar-refractivity contribution in [1.82, 2.24) is 0 Å². The van der Waals surface area contributed by atoms with E-state index in [0.29, 0.717) is 36.7 Å². The summed E-state index contributed by atoms with van der Waals surface area (Å²) in [7, 11) is 0. The Balaban J connectivity index is 1.37. The number of carbonyl (C=O) groups is 2. The van der Waals surface area contributed by atoms with Gasteiger partial charge in [0.05, 0.1) is 30.8 Å². The summed E-state index contributed by atoms with van der Waals surface area (Å²) < 4.78 is 19.1. The van der Waals surface area contributed by atoms with Gasteiger partial charge in [0.15, 0.2) is 6.29 Å². The van der Waals surface area contributed by atoms with Crippen LogP contribution in [0.3, 0.4) is 0 Å². The van der Waals surface area contributed by atoms with Crippen molar-refractivity contribution in [2.24, 2.45) is 57.7 Å². The second kappa shape index (κ2) is 8.38. The number of carboxylic acid groups (broad SMARTS) is 1. The Morgan fingerprint density at radius 1 is 1.25 bits per heavy atom. The lowest BCUT2D eigenvalue weighted by atomic mass is 9.43. The molecule has 2 aliphatic heterocycles. The fraction of sp³-hybridized carbons (Fsp3) is 0.867. The standard InChI is InChI=1S/C30H44O6/c1-6-19-13-34-26-18(5)36-25(10-21(19)26)35-15-29-12-22-17(4)7-8-23(22)28(14-31)11-20(29)9-24(16(2)3)30(28,29)27(32)33/h9,14,16-23,25-26H,6-8,10-13,15H2,1-5H3,(H,32,33)/t17-,18-,19+,20+,21-,22-,23-,25-,26-,28+,29?,30?/m1/s1. The van der Waals surface area contributed by atoms with E-state index in [1.807, 2.05) is 0 Å². The molecular weight excluding hydrogens is 456 g/mol. The summed E-state index contributed by atoms with van der Waals surface area (Å²) in [4.78, 5) is 26.8. The number of allylic oxidation sites excluding steroid dienone is 1. The van der Waals surface area contributed by atoms with Gasteiger partial charge in [0.25, 0.3) is 0 Å². The molecule has 2 saturated heterocycles. The van der Waals surface area contributed by atoms with Crippen LogP contribution >= 0.6 is 0 Å². The van der Waals surface area contributed by atoms with Crippen LogP contribution in [0.5, 0.6) is 0 Å². The van der Waals surface area contributed by atoms with E-state index in [-0.39, 0.29) is 36.3 Å². The van der Waals surface area contributed by atoms with Gasteiger partial charge in [-0.25, -0.2) is 0 Å². The second-order valence-electron chi connectivity index (χ2n) is 13.4. The lowest BCUT2D eigenvalue weighted by Gasteiger charge is -2.58. The molecular formula is C30H44O6. The average Bonchev–Trinajstić information content (AvgIpc) is 3.55. The molecule has 6 nitrogen and oxygen atoms in total. The topological polar surface area (TPSA) is 82.1 Å². The number of hydrogen-bond acceptors (Lipinski definition) is 5. The van der Waals surface area contributed by atoms with Crippen LogP contribution in [0.2, 0.25) is 0 Å². The molecule has 1 N–H and O–H groups in total. The molecule has 4 aliphatic carbocycles. The smallest absolute Gasteiger partial charge is 0.315 e. The summed E-state index contributed by atoms with van der Waals surface area (Å²) in [5.41, 5.74) is -1.66. The zero-order chi connectivity index (χ0) is 25.6. The minimum Gasteiger partial charge on any atom is -0.481 e. The highest BCUT2D eigenvalue weighted by Gasteiger charge is 2.84. The molecule has 0 amide bonds. The van der Waals surface area contributed by atoms with Crippen molar-refractivity contribution in [3.63, 3.8) is 0 Å². The zero-order valence-electron chi connectivity index (χ0n) is 22.6. The number of carbonyl (C=O) groups excluding carboxylic acids is 1. The molecule has 12 atom stereocenters. The Morgan fingerprint density at radius 2 is 2.03 bits per heavy atom. The van der Waals surface area contributed by atoms with E-state index in [1.54, 1.807) is 0 Å². The fourth-order valence-electron chi connectivity index (χ4n) is 10.6. The SMILES string of the molecule is CC[C@H]1CO[C@H]2[C@@H]1C[C@H](OCC13C[C@@H]4[C@H](C)CC[C@H]4[C@@]4(C=O)C[C@@H]1C=C(C(C)C)C34C(=O)O)O[C@@H]2C. The van der Waals surface area contributed by atoms with E-state index in [9.17, 15) is 14.7 Å². The third-order valence-electron chi connectivity index (χ3n) is 12.0. The van der Waals surface area contributed by atoms with Gasteiger partial charge in [0.1, 0.15) is 11.7 Å². The number of fused-ring (bicyclic) bond motifs is 3. The van der Waals surface area contributed by atoms with Gasteiger partial charge in [-0.2, -0.15) is 0 Å². The van der Waals surface area contributed by atoms with Crippen molar-refractivity contribution in [1.29, 1.82) is 0 Å². The van der Waals surface area contributed by atoms with Gasteiger partial charge in [-0.05, 0) is 67.6 Å². The van der Waals surface area contributed by atoms with Crippen LogP contribution in [0.4, 0.5) is 0 Å². The Labute approximate surface area is 215 Å². The summed E-state index contributed by atoms with van der Waals surface area (Å²) in [5.74, 6) is 1.28. The number of aldehydes is 1. The van der Waals surface area contributed by atoms with Gasteiger partial charge in [0.2, 0.25) is 0 Å². The molecule has 5 fully saturated rings. The third kappa shape index (κ3) is 2.85. The quantitative estimate of drug-likeness (QED) is 0.387. The molecule has 0 aromatic carbocycles. The van der Waals surface area contributed by atoms with Gasteiger partial charge >= 0.3 is 5.97 Å². The second-order valence-corrected chi connectivity index (χ2v) is 13.4. The van der Waals surface area contributed by atoms with Crippen molar-refractivity contribution in [3.8, 4) is 0 Å². The number of ether oxygens (including phenoxy) is 3. The maximum atomic E-state index is 13.6. The van der Waals surface area contributed by atoms with Gasteiger partial charge in [0, 0.05) is 11.8 Å². The fourth-order valence-corrected chi connectivity index (χ4v) is 10.6. The molecule has 6 aliphatic rings. The van der Waals surface area contributed by atoms with E-state index in [2.05, 4.69) is 40.7 Å². The minimum atomic E-state index is -1.18. The van der Waals surface area contributed by atoms with Crippen LogP contribution < -0.4 is 0 Å². The first-order valence-corrected chi connectivity index (χ1v) is 14.5. The predicted octanol–water partition coefficient (Wildman–Crippen LogP) is 5.10. The molecule has 4 bridgehead atoms. The lowest BCUT2D eigenvalue weighted by molar-refractivity contribution is -0.251. The molecule has 2 heterocycles. The molecule has 36 heavy (non-hydrogen) atoms. The highest BCUT2D eigenvalue weighted by atomic mass is 16.7. The highest BCUT2D eigenvalue weighted by molar-refractivity contribution is 5.90. The molecule has 0 aromatic rings. The molecule has 200 valence electrons.